The predicted molar refractivity (Wildman–Crippen MR) is 389 cm³/mol. The number of amides is 6. The van der Waals surface area contributed by atoms with Gasteiger partial charge in [0.1, 0.15) is 29.3 Å². The van der Waals surface area contributed by atoms with Crippen LogP contribution in [-0.4, -0.2) is 158 Å². The number of aliphatic hydroxyl groups is 4. The molecular weight excluding hydrogens is 1340 g/mol. The van der Waals surface area contributed by atoms with Crippen molar-refractivity contribution < 1.29 is 82.5 Å². The third kappa shape index (κ3) is 18.0. The zero-order valence-corrected chi connectivity index (χ0v) is 59.9. The van der Waals surface area contributed by atoms with E-state index in [1.165, 1.54) is 64.5 Å². The van der Waals surface area contributed by atoms with E-state index in [1.54, 1.807) is 77.1 Å². The number of nitrogens with zero attached hydrogens (tertiary/aromatic N) is 4. The first-order chi connectivity index (χ1) is 49.4. The summed E-state index contributed by atoms with van der Waals surface area (Å²) < 4.78 is 30.2. The summed E-state index contributed by atoms with van der Waals surface area (Å²) in [7, 11) is 1.42. The van der Waals surface area contributed by atoms with Gasteiger partial charge in [-0.25, -0.2) is 9.78 Å². The van der Waals surface area contributed by atoms with Crippen molar-refractivity contribution in [1.29, 1.82) is 0 Å². The summed E-state index contributed by atoms with van der Waals surface area (Å²) in [5.74, 6) is -9.04. The molecule has 0 aliphatic carbocycles. The van der Waals surface area contributed by atoms with Crippen LogP contribution < -0.4 is 58.4 Å². The predicted octanol–water partition coefficient (Wildman–Crippen LogP) is 5.83. The van der Waals surface area contributed by atoms with Crippen LogP contribution in [-0.2, 0) is 49.6 Å². The van der Waals surface area contributed by atoms with Gasteiger partial charge in [-0.15, -0.1) is 0 Å². The van der Waals surface area contributed by atoms with E-state index < -0.39 is 111 Å². The van der Waals surface area contributed by atoms with E-state index in [0.29, 0.717) is 68.6 Å². The molecule has 4 aromatic carbocycles. The molecule has 6 amide bonds. The van der Waals surface area contributed by atoms with Gasteiger partial charge in [-0.2, -0.15) is 0 Å². The summed E-state index contributed by atoms with van der Waals surface area (Å²) >= 11 is 0. The number of anilines is 3. The van der Waals surface area contributed by atoms with Crippen molar-refractivity contribution in [3.8, 4) is 11.5 Å². The molecule has 1 fully saturated rings. The van der Waals surface area contributed by atoms with Crippen LogP contribution in [0.3, 0.4) is 0 Å². The Morgan fingerprint density at radius 3 is 2.25 bits per heavy atom. The molecule has 1 saturated heterocycles. The van der Waals surface area contributed by atoms with Crippen LogP contribution >= 0.6 is 0 Å². The number of methoxy groups -OCH3 is 1. The first-order valence-corrected chi connectivity index (χ1v) is 35.0. The fraction of sp³-hybridized carbons (Fsp3) is 0.480. The minimum absolute atomic E-state index is 0.00793. The van der Waals surface area contributed by atoms with Gasteiger partial charge in [0.2, 0.25) is 22.7 Å². The lowest BCUT2D eigenvalue weighted by molar-refractivity contribution is -0.137. The number of fused-ring (bicyclic) bond motifs is 2. The number of allylic oxidation sites excluding steroid dienone is 2. The Hall–Kier alpha value is -10.2. The first-order valence-electron chi connectivity index (χ1n) is 35.0. The number of piperidine rings is 1. The molecule has 5 aromatic rings. The van der Waals surface area contributed by atoms with E-state index in [9.17, 15) is 63.9 Å². The van der Waals surface area contributed by atoms with Gasteiger partial charge in [-0.3, -0.25) is 48.2 Å². The largest absolute Gasteiger partial charge is 0.507 e. The number of unbranched alkanes of at least 4 members (excludes halogenated alkanes) is 2. The minimum Gasteiger partial charge on any atom is -0.507 e. The second kappa shape index (κ2) is 33.9. The van der Waals surface area contributed by atoms with E-state index in [2.05, 4.69) is 26.3 Å². The minimum atomic E-state index is -2.03. The number of nitrogens with two attached hydrogens (primary N) is 2. The summed E-state index contributed by atoms with van der Waals surface area (Å²) in [6, 6.07) is 8.31. The molecule has 10 atom stereocenters. The molecule has 5 heterocycles. The number of phenols is 1. The van der Waals surface area contributed by atoms with Crippen LogP contribution in [0.2, 0.25) is 0 Å². The Morgan fingerprint density at radius 1 is 0.885 bits per heavy atom. The second-order valence-corrected chi connectivity index (χ2v) is 27.7. The third-order valence-electron chi connectivity index (χ3n) is 19.8. The van der Waals surface area contributed by atoms with Gasteiger partial charge in [0.05, 0.1) is 47.3 Å². The van der Waals surface area contributed by atoms with Crippen LogP contribution in [0.25, 0.3) is 38.7 Å². The monoisotopic (exact) mass is 1440 g/mol. The SMILES string of the molecule is CO[C@H]1/C=C/O[C@@]2(C)Oc3c(C)c(O)c4c(=O)c(c5oc6cc(N7CCC(NC(=O)OCc8ccc(NC(=O)[C@H](CCCN=C(N)N)CC(=O)[C@@H](NC(=O)CCCCCN9C(=O)C=CC9=O)C(C)C)cc8)CC7)cc(=O)c6nc5c4c3=C2O)NC(=O)/C(C)=C\C=C\[C@H](C)[C@H](O)[C@@H](C)[C@@H](O)C[C@H](O)[C@H]1C. The second-order valence-electron chi connectivity index (χ2n) is 27.7. The molecule has 0 unspecified atom stereocenters. The standard InChI is InChI=1S/C75H94N10O19/c1-38(2)61(81-55(90)18-11-10-12-29-85-56(91)23-24-57(85)92)51(88)33-45(17-14-28-78-73(76)77)72(98)79-46-21-19-44(20-22-46)37-101-74(99)80-47-25-30-84(31-26-47)48-34-52(89)62-54(35-48)103-69-63(82-62)58-59-66(94)43(7)68-60(58)70(96)75(8,104-68)102-32-27-53(100-9)41(5)49(86)36-50(87)42(6)65(93)39(3)15-13-16-40(4)71(97)83-64(69)67(59)95/h13,15-16,19-24,27,32,34-35,38-39,41-42,45,47,49-50,53,61,65,86-87,93-94,96H,10-12,14,17-18,25-26,28-31,33,36-37H2,1-9H3,(H,79,98)(H,80,99)(H,81,90)(H,83,97)(H4,76,77,78)/b15-13+,32-27+,40-16-/t39-,41+,42-,45+,49-,50-,53-,61-,65-,75-/m0/s1. The number of aromatic hydroxyl groups is 1. The van der Waals surface area contributed by atoms with Gasteiger partial charge >= 0.3 is 11.9 Å². The van der Waals surface area contributed by atoms with Gasteiger partial charge in [-0.1, -0.05) is 71.4 Å². The van der Waals surface area contributed by atoms with E-state index in [1.807, 2.05) is 4.90 Å². The molecule has 29 nitrogen and oxygen atoms in total. The van der Waals surface area contributed by atoms with Crippen LogP contribution in [0.1, 0.15) is 124 Å². The smallest absolute Gasteiger partial charge is 0.407 e. The maximum atomic E-state index is 15.1. The van der Waals surface area contributed by atoms with Crippen molar-refractivity contribution in [2.24, 2.45) is 46.0 Å². The molecule has 4 bridgehead atoms. The zero-order chi connectivity index (χ0) is 75.6. The number of nitrogens with one attached hydrogen (secondary N) is 4. The molecule has 4 aliphatic heterocycles. The quantitative estimate of drug-likeness (QED) is 0.00969. The number of phenolic OH excluding ortho intramolecular Hbond substituents is 1. The highest BCUT2D eigenvalue weighted by atomic mass is 16.7. The van der Waals surface area contributed by atoms with Gasteiger partial charge in [0, 0.05) is 135 Å². The zero-order valence-electron chi connectivity index (χ0n) is 59.9. The lowest BCUT2D eigenvalue weighted by Gasteiger charge is -2.33. The number of ketones is 1. The van der Waals surface area contributed by atoms with Crippen molar-refractivity contribution in [2.45, 2.75) is 168 Å². The third-order valence-corrected chi connectivity index (χ3v) is 19.8. The lowest BCUT2D eigenvalue weighted by Crippen LogP contribution is -2.45. The molecule has 0 spiro atoms. The van der Waals surface area contributed by atoms with Crippen molar-refractivity contribution in [1.82, 2.24) is 20.5 Å². The lowest BCUT2D eigenvalue weighted by atomic mass is 9.84. The van der Waals surface area contributed by atoms with Gasteiger partial charge in [0.25, 0.3) is 17.7 Å². The topological polar surface area (TPSA) is 437 Å². The van der Waals surface area contributed by atoms with Gasteiger partial charge in [-0.05, 0) is 88.5 Å². The van der Waals surface area contributed by atoms with E-state index in [0.717, 1.165) is 4.90 Å². The Labute approximate surface area is 600 Å². The van der Waals surface area contributed by atoms with Crippen LogP contribution in [0.4, 0.5) is 21.9 Å². The Balaban J connectivity index is 0.877. The summed E-state index contributed by atoms with van der Waals surface area (Å²) in [6.07, 6.45) is 7.76. The highest BCUT2D eigenvalue weighted by molar-refractivity contribution is 6.17. The highest BCUT2D eigenvalue weighted by Gasteiger charge is 2.44. The maximum Gasteiger partial charge on any atom is 0.407 e. The van der Waals surface area contributed by atoms with Crippen LogP contribution in [0.5, 0.6) is 11.5 Å². The molecule has 104 heavy (non-hydrogen) atoms. The number of aromatic nitrogens is 1. The van der Waals surface area contributed by atoms with Gasteiger partial charge in [0.15, 0.2) is 34.2 Å². The van der Waals surface area contributed by atoms with E-state index in [4.69, 9.17) is 39.8 Å². The summed E-state index contributed by atoms with van der Waals surface area (Å²) in [5, 5.41) is 68.6. The molecule has 0 saturated carbocycles. The summed E-state index contributed by atoms with van der Waals surface area (Å²) in [4.78, 5) is 133. The van der Waals surface area contributed by atoms with Crippen molar-refractivity contribution in [3.63, 3.8) is 0 Å². The first kappa shape index (κ1) is 77.9. The number of aliphatic imine (C=N–C) groups is 1. The normalized spacial score (nSPS) is 23.7. The molecule has 13 N–H and O–H groups in total. The molecule has 558 valence electrons. The number of carbonyl (C=O) groups excluding carboxylic acids is 7. The van der Waals surface area contributed by atoms with Crippen LogP contribution in [0.15, 0.2) is 104 Å². The Bertz CT molecular complexity index is 4420. The summed E-state index contributed by atoms with van der Waals surface area (Å²) in [6.45, 7) is 14.0. The number of hydrogen-bond donors (Lipinski definition) is 11. The number of benzene rings is 4. The molecular formula is C75H94N10O19. The summed E-state index contributed by atoms with van der Waals surface area (Å²) in [5.41, 5.74) is 9.73. The van der Waals surface area contributed by atoms with E-state index in [-0.39, 0.29) is 136 Å². The van der Waals surface area contributed by atoms with Crippen molar-refractivity contribution >= 4 is 103 Å². The fourth-order valence-electron chi connectivity index (χ4n) is 13.3. The van der Waals surface area contributed by atoms with Crippen molar-refractivity contribution in [3.05, 3.63) is 121 Å². The molecule has 1 aromatic heterocycles. The number of hydrogen-bond acceptors (Lipinski definition) is 22. The maximum absolute atomic E-state index is 15.1. The Kier molecular flexibility index (Phi) is 25.4. The number of guanidine groups is 1. The number of carbonyl (C=O) groups is 7. The number of imide groups is 1. The molecule has 29 heteroatoms. The number of alkyl carbamates (subject to hydrolysis) is 1. The fourth-order valence-corrected chi connectivity index (χ4v) is 13.3. The van der Waals surface area contributed by atoms with Crippen LogP contribution in [0, 0.1) is 36.5 Å². The van der Waals surface area contributed by atoms with Crippen molar-refractivity contribution in [2.75, 3.05) is 48.8 Å². The number of Topliss-reactive ketones (excluding diaryl/α,β-unsaturated/α-hetero) is 1. The number of ether oxygens (including phenoxy) is 4. The van der Waals surface area contributed by atoms with E-state index >= 15 is 4.79 Å². The number of rotatable bonds is 22. The average Bonchev–Trinajstić information content (AvgIpc) is 1.42. The molecule has 9 rings (SSSR count). The highest BCUT2D eigenvalue weighted by Crippen LogP contribution is 2.43. The Morgan fingerprint density at radius 2 is 1.58 bits per heavy atom. The number of aliphatic hydroxyl groups excluding tert-OH is 4. The molecule has 4 aliphatic rings. The van der Waals surface area contributed by atoms with Gasteiger partial charge < -0.3 is 86.5 Å². The molecule has 0 radical (unpaired) electrons. The average molecular weight is 1440 g/mol.